The topological polar surface area (TPSA) is 17.1 Å². The Morgan fingerprint density at radius 3 is 2.13 bits per heavy atom. The molecule has 0 spiro atoms. The molecule has 0 radical (unpaired) electrons. The molecule has 0 saturated carbocycles. The lowest BCUT2D eigenvalue weighted by Crippen LogP contribution is -2.00. The predicted octanol–water partition coefficient (Wildman–Crippen LogP) is 3.11. The summed E-state index contributed by atoms with van der Waals surface area (Å²) in [7, 11) is -1.20. The third-order valence-electron chi connectivity index (χ3n) is 1.75. The number of hydrogen-bond acceptors (Lipinski definition) is 1. The first-order chi connectivity index (χ1) is 6.88. The number of aryl methyl sites for hydroxylation is 1. The van der Waals surface area contributed by atoms with E-state index in [4.69, 9.17) is 0 Å². The van der Waals surface area contributed by atoms with Crippen LogP contribution in [0, 0.1) is 23.5 Å². The van der Waals surface area contributed by atoms with Gasteiger partial charge in [-0.1, -0.05) is 23.6 Å². The van der Waals surface area contributed by atoms with Crippen molar-refractivity contribution >= 4 is 10.8 Å². The SMILES string of the molecule is Cc1ccc([S@](=O)C#CC(C)(C)C)cc1. The first-order valence-electron chi connectivity index (χ1n) is 4.90. The van der Waals surface area contributed by atoms with Gasteiger partial charge in [-0.3, -0.25) is 0 Å². The quantitative estimate of drug-likeness (QED) is 0.665. The highest BCUT2D eigenvalue weighted by Crippen LogP contribution is 2.12. The summed E-state index contributed by atoms with van der Waals surface area (Å²) < 4.78 is 11.7. The summed E-state index contributed by atoms with van der Waals surface area (Å²) >= 11 is 0. The van der Waals surface area contributed by atoms with Crippen LogP contribution in [-0.2, 0) is 10.8 Å². The highest BCUT2D eigenvalue weighted by molar-refractivity contribution is 7.89. The van der Waals surface area contributed by atoms with Gasteiger partial charge in [0.2, 0.25) is 0 Å². The molecule has 15 heavy (non-hydrogen) atoms. The lowest BCUT2D eigenvalue weighted by Gasteiger charge is -2.06. The van der Waals surface area contributed by atoms with Crippen LogP contribution in [0.1, 0.15) is 26.3 Å². The second-order valence-electron chi connectivity index (χ2n) is 4.56. The van der Waals surface area contributed by atoms with Gasteiger partial charge in [-0.25, -0.2) is 4.21 Å². The van der Waals surface area contributed by atoms with Gasteiger partial charge < -0.3 is 0 Å². The molecule has 1 nitrogen and oxygen atoms in total. The lowest BCUT2D eigenvalue weighted by atomic mass is 9.99. The molecule has 0 saturated heterocycles. The van der Waals surface area contributed by atoms with Gasteiger partial charge in [-0.15, -0.1) is 0 Å². The zero-order valence-corrected chi connectivity index (χ0v) is 10.4. The third-order valence-corrected chi connectivity index (χ3v) is 2.74. The molecule has 0 fully saturated rings. The van der Waals surface area contributed by atoms with Gasteiger partial charge in [0.25, 0.3) is 0 Å². The zero-order valence-electron chi connectivity index (χ0n) is 9.63. The molecule has 0 aliphatic carbocycles. The molecule has 1 aromatic carbocycles. The molecule has 0 N–H and O–H groups in total. The molecule has 0 unspecified atom stereocenters. The highest BCUT2D eigenvalue weighted by Gasteiger charge is 2.05. The molecule has 0 aliphatic rings. The van der Waals surface area contributed by atoms with Gasteiger partial charge in [-0.05, 0) is 39.8 Å². The lowest BCUT2D eigenvalue weighted by molar-refractivity contribution is 0.571. The van der Waals surface area contributed by atoms with E-state index in [9.17, 15) is 4.21 Å². The monoisotopic (exact) mass is 220 g/mol. The van der Waals surface area contributed by atoms with Crippen molar-refractivity contribution in [3.63, 3.8) is 0 Å². The van der Waals surface area contributed by atoms with Crippen LogP contribution >= 0.6 is 0 Å². The Morgan fingerprint density at radius 1 is 1.13 bits per heavy atom. The van der Waals surface area contributed by atoms with Gasteiger partial charge in [-0.2, -0.15) is 0 Å². The molecular formula is C13H16OS. The minimum atomic E-state index is -1.20. The maximum absolute atomic E-state index is 11.7. The van der Waals surface area contributed by atoms with E-state index in [0.717, 1.165) is 4.90 Å². The minimum Gasteiger partial charge on any atom is -0.240 e. The van der Waals surface area contributed by atoms with Crippen LogP contribution in [0.5, 0.6) is 0 Å². The van der Waals surface area contributed by atoms with Crippen molar-refractivity contribution in [3.05, 3.63) is 29.8 Å². The number of hydrogen-bond donors (Lipinski definition) is 0. The van der Waals surface area contributed by atoms with E-state index in [2.05, 4.69) is 11.2 Å². The average molecular weight is 220 g/mol. The Bertz CT molecular complexity index is 413. The van der Waals surface area contributed by atoms with Crippen LogP contribution in [0.3, 0.4) is 0 Å². The standard InChI is InChI=1S/C13H16OS/c1-11-5-7-12(8-6-11)15(14)10-9-13(2,3)4/h5-8H,1-4H3/t15-/m1/s1. The second-order valence-corrected chi connectivity index (χ2v) is 5.77. The van der Waals surface area contributed by atoms with Crippen molar-refractivity contribution in [2.75, 3.05) is 0 Å². The molecule has 1 atom stereocenters. The van der Waals surface area contributed by atoms with E-state index < -0.39 is 10.8 Å². The van der Waals surface area contributed by atoms with Crippen LogP contribution < -0.4 is 0 Å². The van der Waals surface area contributed by atoms with Crippen molar-refractivity contribution in [2.24, 2.45) is 5.41 Å². The minimum absolute atomic E-state index is 0.0969. The van der Waals surface area contributed by atoms with Crippen molar-refractivity contribution in [2.45, 2.75) is 32.6 Å². The van der Waals surface area contributed by atoms with E-state index in [-0.39, 0.29) is 5.41 Å². The van der Waals surface area contributed by atoms with Gasteiger partial charge in [0, 0.05) is 10.7 Å². The highest BCUT2D eigenvalue weighted by atomic mass is 32.2. The number of benzene rings is 1. The fourth-order valence-electron chi connectivity index (χ4n) is 0.920. The van der Waals surface area contributed by atoms with Crippen LogP contribution in [0.15, 0.2) is 29.2 Å². The van der Waals surface area contributed by atoms with Crippen molar-refractivity contribution in [3.8, 4) is 11.2 Å². The van der Waals surface area contributed by atoms with E-state index in [0.29, 0.717) is 0 Å². The van der Waals surface area contributed by atoms with Gasteiger partial charge in [0.05, 0.1) is 4.90 Å². The Hall–Kier alpha value is -1.07. The van der Waals surface area contributed by atoms with Gasteiger partial charge >= 0.3 is 0 Å². The molecule has 0 bridgehead atoms. The van der Waals surface area contributed by atoms with E-state index >= 15 is 0 Å². The van der Waals surface area contributed by atoms with Crippen molar-refractivity contribution in [1.29, 1.82) is 0 Å². The molecule has 0 aliphatic heterocycles. The Labute approximate surface area is 94.4 Å². The Morgan fingerprint density at radius 2 is 1.67 bits per heavy atom. The average Bonchev–Trinajstić information content (AvgIpc) is 2.14. The Kier molecular flexibility index (Phi) is 3.71. The van der Waals surface area contributed by atoms with Gasteiger partial charge in [0.15, 0.2) is 0 Å². The largest absolute Gasteiger partial charge is 0.240 e. The normalized spacial score (nSPS) is 12.8. The van der Waals surface area contributed by atoms with Crippen LogP contribution in [0.25, 0.3) is 0 Å². The van der Waals surface area contributed by atoms with Gasteiger partial charge in [0.1, 0.15) is 10.8 Å². The molecule has 0 amide bonds. The summed E-state index contributed by atoms with van der Waals surface area (Å²) in [5.74, 6) is 2.98. The second kappa shape index (κ2) is 4.63. The molecule has 80 valence electrons. The molecule has 0 heterocycles. The molecule has 1 aromatic rings. The summed E-state index contributed by atoms with van der Waals surface area (Å²) in [4.78, 5) is 0.775. The molecular weight excluding hydrogens is 204 g/mol. The summed E-state index contributed by atoms with van der Waals surface area (Å²) in [6.45, 7) is 8.03. The third kappa shape index (κ3) is 4.31. The molecule has 1 rings (SSSR count). The fraction of sp³-hybridized carbons (Fsp3) is 0.385. The van der Waals surface area contributed by atoms with Crippen LogP contribution in [0.2, 0.25) is 0 Å². The maximum Gasteiger partial charge on any atom is 0.130 e. The summed E-state index contributed by atoms with van der Waals surface area (Å²) in [6.07, 6.45) is 0. The first kappa shape index (κ1) is 12.0. The van der Waals surface area contributed by atoms with Crippen molar-refractivity contribution < 1.29 is 4.21 Å². The van der Waals surface area contributed by atoms with Crippen LogP contribution in [-0.4, -0.2) is 4.21 Å². The molecule has 2 heteroatoms. The summed E-state index contributed by atoms with van der Waals surface area (Å²) in [5.41, 5.74) is 1.07. The first-order valence-corrected chi connectivity index (χ1v) is 6.05. The number of rotatable bonds is 1. The van der Waals surface area contributed by atoms with Crippen LogP contribution in [0.4, 0.5) is 0 Å². The smallest absolute Gasteiger partial charge is 0.130 e. The summed E-state index contributed by atoms with van der Waals surface area (Å²) in [5, 5.41) is 2.78. The fourth-order valence-corrected chi connectivity index (χ4v) is 1.82. The summed E-state index contributed by atoms with van der Waals surface area (Å²) in [6, 6.07) is 7.63. The Balaban J connectivity index is 2.86. The van der Waals surface area contributed by atoms with E-state index in [1.165, 1.54) is 5.56 Å². The van der Waals surface area contributed by atoms with E-state index in [1.54, 1.807) is 0 Å². The predicted molar refractivity (Wildman–Crippen MR) is 64.8 cm³/mol. The zero-order chi connectivity index (χ0) is 11.5. The van der Waals surface area contributed by atoms with Crippen molar-refractivity contribution in [1.82, 2.24) is 0 Å². The van der Waals surface area contributed by atoms with E-state index in [1.807, 2.05) is 52.0 Å². The molecule has 0 aromatic heterocycles. The maximum atomic E-state index is 11.7.